The Morgan fingerprint density at radius 2 is 2.00 bits per heavy atom. The van der Waals surface area contributed by atoms with Crippen molar-refractivity contribution in [3.63, 3.8) is 0 Å². The minimum Gasteiger partial charge on any atom is -0.398 e. The number of hydrogen-bond donors (Lipinski definition) is 2. The average Bonchev–Trinajstić information content (AvgIpc) is 2.61. The van der Waals surface area contributed by atoms with Gasteiger partial charge in [-0.15, -0.1) is 0 Å². The molecule has 1 fully saturated rings. The van der Waals surface area contributed by atoms with E-state index >= 15 is 0 Å². The summed E-state index contributed by atoms with van der Waals surface area (Å²) in [5.41, 5.74) is 6.78. The maximum atomic E-state index is 11.9. The van der Waals surface area contributed by atoms with Crippen LogP contribution in [0.4, 0.5) is 11.4 Å². The van der Waals surface area contributed by atoms with Crippen molar-refractivity contribution in [3.8, 4) is 0 Å². The molecule has 1 aromatic carbocycles. The van der Waals surface area contributed by atoms with Crippen molar-refractivity contribution >= 4 is 27.3 Å². The second kappa shape index (κ2) is 5.90. The van der Waals surface area contributed by atoms with Crippen LogP contribution in [0, 0.1) is 0 Å². The third-order valence-electron chi connectivity index (χ3n) is 3.59. The SMILES string of the molecule is CNS(=O)(=O)c1ccc(N2CCCN(C)C(=O)C2)cc1N. The fourth-order valence-corrected chi connectivity index (χ4v) is 3.13. The van der Waals surface area contributed by atoms with Gasteiger partial charge in [-0.3, -0.25) is 4.79 Å². The number of nitrogens with one attached hydrogen (secondary N) is 1. The summed E-state index contributed by atoms with van der Waals surface area (Å²) in [5.74, 6) is 0.0398. The Balaban J connectivity index is 2.30. The molecular formula is C13H20N4O3S. The van der Waals surface area contributed by atoms with Crippen molar-refractivity contribution in [1.82, 2.24) is 9.62 Å². The van der Waals surface area contributed by atoms with Gasteiger partial charge in [0.05, 0.1) is 12.2 Å². The number of nitrogen functional groups attached to an aromatic ring is 1. The summed E-state index contributed by atoms with van der Waals surface area (Å²) >= 11 is 0. The Morgan fingerprint density at radius 1 is 1.29 bits per heavy atom. The molecule has 8 heteroatoms. The van der Waals surface area contributed by atoms with E-state index in [9.17, 15) is 13.2 Å². The maximum Gasteiger partial charge on any atom is 0.242 e. The first-order valence-corrected chi connectivity index (χ1v) is 8.15. The van der Waals surface area contributed by atoms with Gasteiger partial charge in [-0.05, 0) is 31.7 Å². The second-order valence-electron chi connectivity index (χ2n) is 5.02. The van der Waals surface area contributed by atoms with Gasteiger partial charge in [0.25, 0.3) is 0 Å². The quantitative estimate of drug-likeness (QED) is 0.757. The molecule has 7 nitrogen and oxygen atoms in total. The molecule has 2 rings (SSSR count). The minimum absolute atomic E-state index is 0.0398. The zero-order valence-corrected chi connectivity index (χ0v) is 13.0. The van der Waals surface area contributed by atoms with Crippen LogP contribution in [0.2, 0.25) is 0 Å². The Hall–Kier alpha value is -1.80. The molecule has 0 radical (unpaired) electrons. The lowest BCUT2D eigenvalue weighted by Crippen LogP contribution is -2.34. The van der Waals surface area contributed by atoms with E-state index in [1.54, 1.807) is 24.1 Å². The number of sulfonamides is 1. The molecule has 0 aromatic heterocycles. The Bertz CT molecular complexity index is 645. The third kappa shape index (κ3) is 3.27. The molecule has 0 unspecified atom stereocenters. The minimum atomic E-state index is -3.57. The van der Waals surface area contributed by atoms with E-state index in [-0.39, 0.29) is 23.0 Å². The number of hydrogen-bond acceptors (Lipinski definition) is 5. The fraction of sp³-hybridized carbons (Fsp3) is 0.462. The highest BCUT2D eigenvalue weighted by atomic mass is 32.2. The van der Waals surface area contributed by atoms with E-state index in [0.29, 0.717) is 0 Å². The van der Waals surface area contributed by atoms with Crippen LogP contribution < -0.4 is 15.4 Å². The lowest BCUT2D eigenvalue weighted by Gasteiger charge is -2.22. The van der Waals surface area contributed by atoms with Gasteiger partial charge >= 0.3 is 0 Å². The predicted molar refractivity (Wildman–Crippen MR) is 81.6 cm³/mol. The summed E-state index contributed by atoms with van der Waals surface area (Å²) in [6, 6.07) is 4.75. The predicted octanol–water partition coefficient (Wildman–Crippen LogP) is -0.155. The average molecular weight is 312 g/mol. The molecule has 1 heterocycles. The molecule has 0 atom stereocenters. The molecule has 0 bridgehead atoms. The normalized spacial score (nSPS) is 17.0. The van der Waals surface area contributed by atoms with Crippen LogP contribution in [0.3, 0.4) is 0 Å². The molecule has 1 aliphatic heterocycles. The van der Waals surface area contributed by atoms with Crippen molar-refractivity contribution in [2.45, 2.75) is 11.3 Å². The van der Waals surface area contributed by atoms with E-state index in [1.165, 1.54) is 13.1 Å². The van der Waals surface area contributed by atoms with Crippen molar-refractivity contribution in [3.05, 3.63) is 18.2 Å². The van der Waals surface area contributed by atoms with Gasteiger partial charge in [-0.1, -0.05) is 0 Å². The number of anilines is 2. The molecule has 0 spiro atoms. The van der Waals surface area contributed by atoms with E-state index < -0.39 is 10.0 Å². The number of amides is 1. The highest BCUT2D eigenvalue weighted by molar-refractivity contribution is 7.89. The van der Waals surface area contributed by atoms with E-state index in [4.69, 9.17) is 5.73 Å². The number of likely N-dealkylation sites (N-methyl/N-ethyl adjacent to an activating group) is 1. The van der Waals surface area contributed by atoms with Crippen LogP contribution in [-0.2, 0) is 14.8 Å². The van der Waals surface area contributed by atoms with E-state index in [0.717, 1.165) is 25.2 Å². The summed E-state index contributed by atoms with van der Waals surface area (Å²) in [6.45, 7) is 1.72. The standard InChI is InChI=1S/C13H20N4O3S/c1-15-21(19,20)12-5-4-10(8-11(12)14)17-7-3-6-16(2)13(18)9-17/h4-5,8,15H,3,6-7,9,14H2,1-2H3. The number of carbonyl (C=O) groups is 1. The van der Waals surface area contributed by atoms with Crippen LogP contribution in [-0.4, -0.2) is 53.0 Å². The number of rotatable bonds is 3. The maximum absolute atomic E-state index is 11.9. The van der Waals surface area contributed by atoms with Crippen LogP contribution in [0.1, 0.15) is 6.42 Å². The largest absolute Gasteiger partial charge is 0.398 e. The van der Waals surface area contributed by atoms with Crippen molar-refractivity contribution in [2.75, 3.05) is 44.4 Å². The first-order valence-electron chi connectivity index (χ1n) is 6.67. The molecule has 21 heavy (non-hydrogen) atoms. The molecule has 116 valence electrons. The van der Waals surface area contributed by atoms with Gasteiger partial charge in [0.2, 0.25) is 15.9 Å². The van der Waals surface area contributed by atoms with Crippen molar-refractivity contribution < 1.29 is 13.2 Å². The number of nitrogens with two attached hydrogens (primary N) is 1. The Labute approximate surface area is 124 Å². The van der Waals surface area contributed by atoms with Gasteiger partial charge in [-0.25, -0.2) is 13.1 Å². The summed E-state index contributed by atoms with van der Waals surface area (Å²) < 4.78 is 25.8. The zero-order valence-electron chi connectivity index (χ0n) is 12.2. The number of benzene rings is 1. The van der Waals surface area contributed by atoms with Gasteiger partial charge in [-0.2, -0.15) is 0 Å². The first-order chi connectivity index (χ1) is 9.85. The second-order valence-corrected chi connectivity index (χ2v) is 6.88. The van der Waals surface area contributed by atoms with Crippen LogP contribution in [0.25, 0.3) is 0 Å². The van der Waals surface area contributed by atoms with E-state index in [1.807, 2.05) is 4.90 Å². The lowest BCUT2D eigenvalue weighted by molar-refractivity contribution is -0.127. The molecule has 1 amide bonds. The highest BCUT2D eigenvalue weighted by Crippen LogP contribution is 2.25. The van der Waals surface area contributed by atoms with E-state index in [2.05, 4.69) is 4.72 Å². The third-order valence-corrected chi connectivity index (χ3v) is 5.08. The van der Waals surface area contributed by atoms with Gasteiger partial charge < -0.3 is 15.5 Å². The first kappa shape index (κ1) is 15.6. The summed E-state index contributed by atoms with van der Waals surface area (Å²) in [5, 5.41) is 0. The van der Waals surface area contributed by atoms with Gasteiger partial charge in [0.15, 0.2) is 0 Å². The molecule has 0 aliphatic carbocycles. The monoisotopic (exact) mass is 312 g/mol. The van der Waals surface area contributed by atoms with Gasteiger partial charge in [0, 0.05) is 25.8 Å². The number of nitrogens with zero attached hydrogens (tertiary/aromatic N) is 2. The fourth-order valence-electron chi connectivity index (χ4n) is 2.29. The summed E-state index contributed by atoms with van der Waals surface area (Å²) in [7, 11) is -0.452. The molecule has 1 aromatic rings. The van der Waals surface area contributed by atoms with Crippen LogP contribution in [0.5, 0.6) is 0 Å². The molecule has 1 saturated heterocycles. The highest BCUT2D eigenvalue weighted by Gasteiger charge is 2.21. The molecule has 0 saturated carbocycles. The van der Waals surface area contributed by atoms with Crippen LogP contribution in [0.15, 0.2) is 23.1 Å². The smallest absolute Gasteiger partial charge is 0.242 e. The zero-order chi connectivity index (χ0) is 15.6. The summed E-state index contributed by atoms with van der Waals surface area (Å²) in [4.78, 5) is 15.6. The molecule has 3 N–H and O–H groups in total. The van der Waals surface area contributed by atoms with Crippen LogP contribution >= 0.6 is 0 Å². The Kier molecular flexibility index (Phi) is 4.38. The topological polar surface area (TPSA) is 95.7 Å². The van der Waals surface area contributed by atoms with Crippen molar-refractivity contribution in [2.24, 2.45) is 0 Å². The lowest BCUT2D eigenvalue weighted by atomic mass is 10.2. The van der Waals surface area contributed by atoms with Gasteiger partial charge in [0.1, 0.15) is 4.90 Å². The Morgan fingerprint density at radius 3 is 2.62 bits per heavy atom. The van der Waals surface area contributed by atoms with Crippen molar-refractivity contribution in [1.29, 1.82) is 0 Å². The number of carbonyl (C=O) groups excluding carboxylic acids is 1. The molecule has 1 aliphatic rings. The molecular weight excluding hydrogens is 292 g/mol. The summed E-state index contributed by atoms with van der Waals surface area (Å²) in [6.07, 6.45) is 0.860.